The van der Waals surface area contributed by atoms with Crippen LogP contribution in [0.15, 0.2) is 0 Å². The molecule has 0 aliphatic heterocycles. The number of nitrogens with zero attached hydrogens (tertiary/aromatic N) is 2. The largest absolute Gasteiger partial charge is 0.292 e. The first-order valence-corrected chi connectivity index (χ1v) is 7.18. The van der Waals surface area contributed by atoms with Gasteiger partial charge in [-0.25, -0.2) is 0 Å². The van der Waals surface area contributed by atoms with Crippen LogP contribution in [-0.4, -0.2) is 46.7 Å². The third kappa shape index (κ3) is 5.23. The van der Waals surface area contributed by atoms with Crippen LogP contribution in [0.25, 0.3) is 0 Å². The number of thioether (sulfide) groups is 1. The second-order valence-corrected chi connectivity index (χ2v) is 5.41. The van der Waals surface area contributed by atoms with Gasteiger partial charge in [0.1, 0.15) is 0 Å². The highest BCUT2D eigenvalue weighted by atomic mass is 32.2. The van der Waals surface area contributed by atoms with Gasteiger partial charge in [0.25, 0.3) is 0 Å². The summed E-state index contributed by atoms with van der Waals surface area (Å²) in [6, 6.07) is 0. The van der Waals surface area contributed by atoms with Crippen molar-refractivity contribution in [3.63, 3.8) is 0 Å². The van der Waals surface area contributed by atoms with Gasteiger partial charge in [0.15, 0.2) is 0 Å². The molecule has 2 atom stereocenters. The molecule has 0 N–H and O–H groups in total. The average Bonchev–Trinajstić information content (AvgIpc) is 2.21. The Morgan fingerprint density at radius 2 is 1.00 bits per heavy atom. The second kappa shape index (κ2) is 8.43. The summed E-state index contributed by atoms with van der Waals surface area (Å²) < 4.78 is 0. The minimum Gasteiger partial charge on any atom is -0.292 e. The second-order valence-electron chi connectivity index (χ2n) is 3.78. The fraction of sp³-hybridized carbons (Fsp3) is 1.00. The Hall–Kier alpha value is 0.270. The van der Waals surface area contributed by atoms with E-state index in [0.717, 1.165) is 26.2 Å². The lowest BCUT2D eigenvalue weighted by Gasteiger charge is -2.32. The molecule has 0 fully saturated rings. The molecule has 0 radical (unpaired) electrons. The molecule has 92 valence electrons. The van der Waals surface area contributed by atoms with Crippen molar-refractivity contribution in [2.45, 2.75) is 52.3 Å². The van der Waals surface area contributed by atoms with Crippen molar-refractivity contribution in [1.29, 1.82) is 0 Å². The van der Waals surface area contributed by atoms with Crippen molar-refractivity contribution in [1.82, 2.24) is 9.80 Å². The van der Waals surface area contributed by atoms with Crippen molar-refractivity contribution in [2.24, 2.45) is 0 Å². The third-order valence-electron chi connectivity index (χ3n) is 3.05. The van der Waals surface area contributed by atoms with Gasteiger partial charge in [-0.15, -0.1) is 11.8 Å². The molecule has 0 heterocycles. The molecule has 0 aromatic rings. The fourth-order valence-corrected chi connectivity index (χ4v) is 3.44. The highest BCUT2D eigenvalue weighted by Gasteiger charge is 2.17. The quantitative estimate of drug-likeness (QED) is 0.594. The maximum Gasteiger partial charge on any atom is 0.0544 e. The van der Waals surface area contributed by atoms with Gasteiger partial charge < -0.3 is 0 Å². The summed E-state index contributed by atoms with van der Waals surface area (Å²) in [7, 11) is 0. The number of hydrogen-bond donors (Lipinski definition) is 0. The zero-order valence-electron chi connectivity index (χ0n) is 11.3. The van der Waals surface area contributed by atoms with E-state index in [1.54, 1.807) is 0 Å². The Morgan fingerprint density at radius 3 is 1.20 bits per heavy atom. The molecular formula is C12H28N2S. The van der Waals surface area contributed by atoms with E-state index in [4.69, 9.17) is 0 Å². The molecule has 3 heteroatoms. The molecule has 0 aliphatic rings. The van der Waals surface area contributed by atoms with Crippen LogP contribution in [0.3, 0.4) is 0 Å². The smallest absolute Gasteiger partial charge is 0.0544 e. The molecule has 0 aromatic heterocycles. The van der Waals surface area contributed by atoms with E-state index >= 15 is 0 Å². The van der Waals surface area contributed by atoms with Gasteiger partial charge in [0.2, 0.25) is 0 Å². The van der Waals surface area contributed by atoms with E-state index < -0.39 is 0 Å². The van der Waals surface area contributed by atoms with Gasteiger partial charge in [-0.3, -0.25) is 9.80 Å². The first-order valence-electron chi connectivity index (χ1n) is 6.24. The van der Waals surface area contributed by atoms with Crippen LogP contribution < -0.4 is 0 Å². The summed E-state index contributed by atoms with van der Waals surface area (Å²) in [6.07, 6.45) is 0. The molecule has 2 nitrogen and oxygen atoms in total. The van der Waals surface area contributed by atoms with E-state index in [2.05, 4.69) is 63.1 Å². The van der Waals surface area contributed by atoms with Crippen LogP contribution in [0.4, 0.5) is 0 Å². The lowest BCUT2D eigenvalue weighted by atomic mass is 10.5. The summed E-state index contributed by atoms with van der Waals surface area (Å²) >= 11 is 2.07. The molecular weight excluding hydrogens is 204 g/mol. The molecule has 0 aliphatic carbocycles. The molecule has 15 heavy (non-hydrogen) atoms. The first kappa shape index (κ1) is 15.3. The molecule has 0 bridgehead atoms. The summed E-state index contributed by atoms with van der Waals surface area (Å²) in [5.74, 6) is 0. The summed E-state index contributed by atoms with van der Waals surface area (Å²) in [6.45, 7) is 18.2. The van der Waals surface area contributed by atoms with Gasteiger partial charge in [-0.05, 0) is 40.0 Å². The van der Waals surface area contributed by atoms with Crippen LogP contribution in [0.5, 0.6) is 0 Å². The average molecular weight is 232 g/mol. The molecule has 2 unspecified atom stereocenters. The van der Waals surface area contributed by atoms with Crippen LogP contribution >= 0.6 is 11.8 Å². The highest BCUT2D eigenvalue weighted by Crippen LogP contribution is 2.22. The normalized spacial score (nSPS) is 16.0. The van der Waals surface area contributed by atoms with E-state index in [-0.39, 0.29) is 0 Å². The summed E-state index contributed by atoms with van der Waals surface area (Å²) in [5.41, 5.74) is 0. The predicted octanol–water partition coefficient (Wildman–Crippen LogP) is 3.10. The van der Waals surface area contributed by atoms with Crippen LogP contribution in [0, 0.1) is 0 Å². The topological polar surface area (TPSA) is 6.48 Å². The minimum absolute atomic E-state index is 0.621. The summed E-state index contributed by atoms with van der Waals surface area (Å²) in [4.78, 5) is 5.01. The van der Waals surface area contributed by atoms with Gasteiger partial charge in [-0.2, -0.15) is 0 Å². The van der Waals surface area contributed by atoms with Crippen molar-refractivity contribution < 1.29 is 0 Å². The Bertz CT molecular complexity index is 129. The van der Waals surface area contributed by atoms with Crippen molar-refractivity contribution >= 4 is 11.8 Å². The van der Waals surface area contributed by atoms with Crippen molar-refractivity contribution in [3.05, 3.63) is 0 Å². The molecule has 0 spiro atoms. The third-order valence-corrected chi connectivity index (χ3v) is 4.43. The standard InChI is InChI=1S/C12H28N2S/c1-7-13(8-2)11(5)15-12(6)14(9-3)10-4/h11-12H,7-10H2,1-6H3. The molecule has 0 saturated carbocycles. The van der Waals surface area contributed by atoms with Gasteiger partial charge in [0, 0.05) is 0 Å². The van der Waals surface area contributed by atoms with E-state index in [9.17, 15) is 0 Å². The highest BCUT2D eigenvalue weighted by molar-refractivity contribution is 8.00. The number of hydrogen-bond acceptors (Lipinski definition) is 3. The maximum absolute atomic E-state index is 2.50. The van der Waals surface area contributed by atoms with E-state index in [0.29, 0.717) is 10.7 Å². The van der Waals surface area contributed by atoms with E-state index in [1.807, 2.05) is 0 Å². The predicted molar refractivity (Wildman–Crippen MR) is 72.4 cm³/mol. The van der Waals surface area contributed by atoms with Gasteiger partial charge in [0.05, 0.1) is 10.7 Å². The molecule has 0 rings (SSSR count). The zero-order chi connectivity index (χ0) is 11.8. The monoisotopic (exact) mass is 232 g/mol. The molecule has 0 saturated heterocycles. The first-order chi connectivity index (χ1) is 7.10. The lowest BCUT2D eigenvalue weighted by Crippen LogP contribution is -2.36. The fourth-order valence-electron chi connectivity index (χ4n) is 1.93. The Kier molecular flexibility index (Phi) is 8.58. The van der Waals surface area contributed by atoms with Gasteiger partial charge >= 0.3 is 0 Å². The Morgan fingerprint density at radius 1 is 0.733 bits per heavy atom. The van der Waals surface area contributed by atoms with Crippen LogP contribution in [0.2, 0.25) is 0 Å². The maximum atomic E-state index is 2.50. The van der Waals surface area contributed by atoms with Crippen LogP contribution in [0.1, 0.15) is 41.5 Å². The zero-order valence-corrected chi connectivity index (χ0v) is 12.1. The Balaban J connectivity index is 4.08. The Labute approximate surface area is 100 Å². The van der Waals surface area contributed by atoms with E-state index in [1.165, 1.54) is 0 Å². The van der Waals surface area contributed by atoms with Crippen LogP contribution in [-0.2, 0) is 0 Å². The van der Waals surface area contributed by atoms with Crippen molar-refractivity contribution in [3.8, 4) is 0 Å². The molecule has 0 aromatic carbocycles. The van der Waals surface area contributed by atoms with Gasteiger partial charge in [-0.1, -0.05) is 27.7 Å². The SMILES string of the molecule is CCN(CC)C(C)SC(C)N(CC)CC. The summed E-state index contributed by atoms with van der Waals surface area (Å²) in [5, 5.41) is 1.24. The van der Waals surface area contributed by atoms with Crippen molar-refractivity contribution in [2.75, 3.05) is 26.2 Å². The number of rotatable bonds is 8. The lowest BCUT2D eigenvalue weighted by molar-refractivity contribution is 0.277. The minimum atomic E-state index is 0.621. The molecule has 0 amide bonds.